The number of amides is 1. The molecule has 2 aromatic rings. The summed E-state index contributed by atoms with van der Waals surface area (Å²) in [5.74, 6) is 1.40. The van der Waals surface area contributed by atoms with Crippen molar-refractivity contribution in [3.8, 4) is 11.5 Å². The molecule has 1 atom stereocenters. The van der Waals surface area contributed by atoms with E-state index in [1.54, 1.807) is 58.3 Å². The molecular weight excluding hydrogens is 378 g/mol. The number of methoxy groups -OCH3 is 2. The molecule has 0 aliphatic carbocycles. The van der Waals surface area contributed by atoms with Crippen molar-refractivity contribution < 1.29 is 19.1 Å². The van der Waals surface area contributed by atoms with Crippen LogP contribution in [-0.4, -0.2) is 50.9 Å². The molecule has 150 valence electrons. The highest BCUT2D eigenvalue weighted by atomic mass is 32.2. The first-order chi connectivity index (χ1) is 13.4. The van der Waals surface area contributed by atoms with Crippen molar-refractivity contribution in [1.29, 1.82) is 0 Å². The van der Waals surface area contributed by atoms with E-state index in [0.717, 1.165) is 28.2 Å². The van der Waals surface area contributed by atoms with E-state index in [-0.39, 0.29) is 11.4 Å². The predicted octanol–water partition coefficient (Wildman–Crippen LogP) is 2.59. The Morgan fingerprint density at radius 3 is 2.50 bits per heavy atom. The van der Waals surface area contributed by atoms with Crippen LogP contribution >= 0.6 is 11.8 Å². The number of anilines is 1. The average Bonchev–Trinajstić information content (AvgIpc) is 3.06. The van der Waals surface area contributed by atoms with Gasteiger partial charge in [0.05, 0.1) is 19.9 Å². The van der Waals surface area contributed by atoms with Crippen LogP contribution in [0.5, 0.6) is 11.5 Å². The highest BCUT2D eigenvalue weighted by Crippen LogP contribution is 2.43. The lowest BCUT2D eigenvalue weighted by molar-refractivity contribution is -0.107. The number of carbonyl (C=O) groups is 2. The van der Waals surface area contributed by atoms with Crippen molar-refractivity contribution in [1.82, 2.24) is 4.90 Å². The molecule has 7 nitrogen and oxygen atoms in total. The van der Waals surface area contributed by atoms with Gasteiger partial charge in [0.25, 0.3) is 5.91 Å². The normalized spacial score (nSPS) is 14.1. The number of aldehydes is 1. The SMILES string of the molecule is CN(C)C(=O)c1cccc(CC=O)c1.COc1cc2c(cc1OC)SC(N)N2. The number of benzene rings is 2. The lowest BCUT2D eigenvalue weighted by Gasteiger charge is -2.10. The molecule has 1 unspecified atom stereocenters. The number of thioether (sulfide) groups is 1. The summed E-state index contributed by atoms with van der Waals surface area (Å²) in [7, 11) is 6.65. The second-order valence-corrected chi connectivity index (χ2v) is 7.34. The van der Waals surface area contributed by atoms with Gasteiger partial charge in [0, 0.05) is 37.0 Å². The number of hydrogen-bond acceptors (Lipinski definition) is 7. The maximum absolute atomic E-state index is 11.5. The van der Waals surface area contributed by atoms with Gasteiger partial charge in [0.1, 0.15) is 11.8 Å². The van der Waals surface area contributed by atoms with Crippen LogP contribution in [0.15, 0.2) is 41.3 Å². The predicted molar refractivity (Wildman–Crippen MR) is 111 cm³/mol. The number of carbonyl (C=O) groups excluding carboxylic acids is 2. The minimum atomic E-state index is -0.0817. The fraction of sp³-hybridized carbons (Fsp3) is 0.300. The third kappa shape index (κ3) is 5.40. The summed E-state index contributed by atoms with van der Waals surface area (Å²) in [4.78, 5) is 24.4. The first-order valence-electron chi connectivity index (χ1n) is 8.58. The molecule has 0 radical (unpaired) electrons. The van der Waals surface area contributed by atoms with Crippen molar-refractivity contribution in [2.24, 2.45) is 5.73 Å². The molecule has 0 fully saturated rings. The van der Waals surface area contributed by atoms with Crippen LogP contribution in [0.1, 0.15) is 15.9 Å². The van der Waals surface area contributed by atoms with Crippen molar-refractivity contribution in [2.45, 2.75) is 16.8 Å². The summed E-state index contributed by atoms with van der Waals surface area (Å²) in [6, 6.07) is 10.9. The van der Waals surface area contributed by atoms with Gasteiger partial charge in [-0.15, -0.1) is 0 Å². The number of nitrogens with zero attached hydrogens (tertiary/aromatic N) is 1. The fourth-order valence-corrected chi connectivity index (χ4v) is 3.46. The highest BCUT2D eigenvalue weighted by Gasteiger charge is 2.20. The van der Waals surface area contributed by atoms with E-state index in [0.29, 0.717) is 17.7 Å². The third-order valence-electron chi connectivity index (χ3n) is 3.94. The van der Waals surface area contributed by atoms with E-state index in [2.05, 4.69) is 5.32 Å². The van der Waals surface area contributed by atoms with Crippen LogP contribution in [0.2, 0.25) is 0 Å². The second kappa shape index (κ2) is 10.0. The van der Waals surface area contributed by atoms with Gasteiger partial charge in [-0.1, -0.05) is 23.9 Å². The molecule has 0 saturated carbocycles. The summed E-state index contributed by atoms with van der Waals surface area (Å²) in [6.07, 6.45) is 1.19. The number of rotatable bonds is 5. The molecule has 1 aliphatic heterocycles. The summed E-state index contributed by atoms with van der Waals surface area (Å²) in [6.45, 7) is 0. The van der Waals surface area contributed by atoms with E-state index < -0.39 is 0 Å². The standard InChI is InChI=1S/C11H13NO2.C9H12N2O2S/c1-12(2)11(14)10-5-3-4-9(8-10)6-7-13;1-12-6-3-5-8(4-7(6)13-2)14-9(10)11-5/h3-5,7-8H,6H2,1-2H3;3-4,9,11H,10H2,1-2H3. The number of fused-ring (bicyclic) bond motifs is 1. The molecule has 3 rings (SSSR count). The molecule has 3 N–H and O–H groups in total. The monoisotopic (exact) mass is 403 g/mol. The maximum atomic E-state index is 11.5. The summed E-state index contributed by atoms with van der Waals surface area (Å²) in [5.41, 5.74) is 8.14. The van der Waals surface area contributed by atoms with Crippen molar-refractivity contribution in [3.63, 3.8) is 0 Å². The molecule has 1 amide bonds. The third-order valence-corrected chi connectivity index (χ3v) is 4.90. The van der Waals surface area contributed by atoms with Gasteiger partial charge >= 0.3 is 0 Å². The van der Waals surface area contributed by atoms with Crippen molar-refractivity contribution >= 4 is 29.6 Å². The van der Waals surface area contributed by atoms with Gasteiger partial charge in [0.15, 0.2) is 11.5 Å². The van der Waals surface area contributed by atoms with Crippen LogP contribution in [-0.2, 0) is 11.2 Å². The molecule has 1 heterocycles. The second-order valence-electron chi connectivity index (χ2n) is 6.16. The fourth-order valence-electron chi connectivity index (χ4n) is 2.58. The van der Waals surface area contributed by atoms with Gasteiger partial charge < -0.3 is 30.2 Å². The first kappa shape index (κ1) is 21.6. The lowest BCUT2D eigenvalue weighted by Crippen LogP contribution is -2.21. The van der Waals surface area contributed by atoms with Crippen molar-refractivity contribution in [3.05, 3.63) is 47.5 Å². The minimum absolute atomic E-state index is 0.0438. The molecule has 0 bridgehead atoms. The molecule has 2 aromatic carbocycles. The Hall–Kier alpha value is -2.71. The topological polar surface area (TPSA) is 93.9 Å². The Bertz CT molecular complexity index is 809. The van der Waals surface area contributed by atoms with E-state index in [1.807, 2.05) is 18.2 Å². The van der Waals surface area contributed by atoms with Gasteiger partial charge in [0.2, 0.25) is 0 Å². The highest BCUT2D eigenvalue weighted by molar-refractivity contribution is 8.00. The zero-order chi connectivity index (χ0) is 20.7. The Morgan fingerprint density at radius 1 is 1.21 bits per heavy atom. The van der Waals surface area contributed by atoms with Gasteiger partial charge in [-0.2, -0.15) is 0 Å². The van der Waals surface area contributed by atoms with Gasteiger partial charge in [-0.3, -0.25) is 4.79 Å². The summed E-state index contributed by atoms with van der Waals surface area (Å²) < 4.78 is 10.4. The largest absolute Gasteiger partial charge is 0.493 e. The van der Waals surface area contributed by atoms with Gasteiger partial charge in [-0.05, 0) is 23.8 Å². The van der Waals surface area contributed by atoms with Gasteiger partial charge in [-0.25, -0.2) is 0 Å². The van der Waals surface area contributed by atoms with Crippen LogP contribution in [0.3, 0.4) is 0 Å². The maximum Gasteiger partial charge on any atom is 0.253 e. The van der Waals surface area contributed by atoms with Crippen LogP contribution in [0.25, 0.3) is 0 Å². The lowest BCUT2D eigenvalue weighted by atomic mass is 10.1. The number of nitrogens with one attached hydrogen (secondary N) is 1. The van der Waals surface area contributed by atoms with E-state index in [9.17, 15) is 9.59 Å². The number of nitrogens with two attached hydrogens (primary N) is 1. The zero-order valence-corrected chi connectivity index (χ0v) is 17.2. The number of hydrogen-bond donors (Lipinski definition) is 2. The average molecular weight is 404 g/mol. The minimum Gasteiger partial charge on any atom is -0.493 e. The molecule has 28 heavy (non-hydrogen) atoms. The van der Waals surface area contributed by atoms with Crippen LogP contribution in [0.4, 0.5) is 5.69 Å². The smallest absolute Gasteiger partial charge is 0.253 e. The molecule has 8 heteroatoms. The first-order valence-corrected chi connectivity index (χ1v) is 9.46. The van der Waals surface area contributed by atoms with E-state index >= 15 is 0 Å². The quantitative estimate of drug-likeness (QED) is 0.741. The molecule has 0 spiro atoms. The Balaban J connectivity index is 0.000000200. The van der Waals surface area contributed by atoms with E-state index in [4.69, 9.17) is 15.2 Å². The Morgan fingerprint density at radius 2 is 1.89 bits per heavy atom. The van der Waals surface area contributed by atoms with Crippen LogP contribution in [0, 0.1) is 0 Å². The molecule has 0 aromatic heterocycles. The zero-order valence-electron chi connectivity index (χ0n) is 16.4. The molecule has 1 aliphatic rings. The molecular formula is C20H25N3O4S. The summed E-state index contributed by atoms with van der Waals surface area (Å²) in [5, 5.41) is 3.13. The Kier molecular flexibility index (Phi) is 7.71. The molecule has 0 saturated heterocycles. The van der Waals surface area contributed by atoms with Crippen molar-refractivity contribution in [2.75, 3.05) is 33.6 Å². The van der Waals surface area contributed by atoms with E-state index in [1.165, 1.54) is 4.90 Å². The summed E-state index contributed by atoms with van der Waals surface area (Å²) >= 11 is 1.57. The van der Waals surface area contributed by atoms with Crippen LogP contribution < -0.4 is 20.5 Å². The number of ether oxygens (including phenoxy) is 2. The Labute approximate surface area is 169 Å².